The quantitative estimate of drug-likeness (QED) is 0.619. The number of hydrogen-bond acceptors (Lipinski definition) is 2. The van der Waals surface area contributed by atoms with Crippen LogP contribution in [0.4, 0.5) is 20.6 Å². The van der Waals surface area contributed by atoms with Gasteiger partial charge in [0, 0.05) is 36.6 Å². The molecule has 158 valence electrons. The second-order valence-electron chi connectivity index (χ2n) is 7.71. The predicted molar refractivity (Wildman–Crippen MR) is 120 cm³/mol. The van der Waals surface area contributed by atoms with E-state index in [0.717, 1.165) is 23.2 Å². The van der Waals surface area contributed by atoms with Crippen LogP contribution in [-0.2, 0) is 6.54 Å². The van der Waals surface area contributed by atoms with E-state index in [1.165, 1.54) is 12.1 Å². The average molecular weight is 417 g/mol. The van der Waals surface area contributed by atoms with Gasteiger partial charge in [0.15, 0.2) is 0 Å². The van der Waals surface area contributed by atoms with E-state index >= 15 is 0 Å². The van der Waals surface area contributed by atoms with Gasteiger partial charge in [0.1, 0.15) is 5.82 Å². The maximum Gasteiger partial charge on any atom is 0.324 e. The fraction of sp³-hybridized carbons (Fsp3) is 0.200. The van der Waals surface area contributed by atoms with E-state index in [2.05, 4.69) is 5.32 Å². The number of halogens is 1. The summed E-state index contributed by atoms with van der Waals surface area (Å²) in [6, 6.07) is 20.8. The molecule has 1 aliphatic rings. The number of amides is 3. The summed E-state index contributed by atoms with van der Waals surface area (Å²) >= 11 is 0. The Hall–Kier alpha value is -3.67. The van der Waals surface area contributed by atoms with E-state index in [1.807, 2.05) is 37.3 Å². The van der Waals surface area contributed by atoms with Crippen LogP contribution in [0.3, 0.4) is 0 Å². The van der Waals surface area contributed by atoms with Crippen molar-refractivity contribution in [3.05, 3.63) is 95.3 Å². The van der Waals surface area contributed by atoms with Crippen molar-refractivity contribution in [1.82, 2.24) is 4.90 Å². The van der Waals surface area contributed by atoms with Crippen molar-refractivity contribution in [3.63, 3.8) is 0 Å². The summed E-state index contributed by atoms with van der Waals surface area (Å²) in [5.74, 6) is -0.458. The van der Waals surface area contributed by atoms with Gasteiger partial charge in [0.25, 0.3) is 5.91 Å². The van der Waals surface area contributed by atoms with Crippen molar-refractivity contribution >= 4 is 23.3 Å². The third kappa shape index (κ3) is 4.91. The van der Waals surface area contributed by atoms with Gasteiger partial charge in [-0.05, 0) is 67.4 Å². The normalized spacial score (nSPS) is 13.9. The summed E-state index contributed by atoms with van der Waals surface area (Å²) < 4.78 is 13.1. The molecule has 0 spiro atoms. The molecule has 0 aliphatic carbocycles. The number of aryl methyl sites for hydroxylation is 1. The van der Waals surface area contributed by atoms with Crippen LogP contribution in [0.15, 0.2) is 72.8 Å². The van der Waals surface area contributed by atoms with Crippen LogP contribution < -0.4 is 10.2 Å². The number of rotatable bonds is 5. The standard InChI is InChI=1S/C25H24FN3O2/c1-18-4-2-5-20(16-18)24(30)27-22-10-12-23(13-11-22)29-15-3-14-28(25(29)31)17-19-6-8-21(26)9-7-19/h2,4-13,16H,3,14-15,17H2,1H3,(H,27,30). The van der Waals surface area contributed by atoms with E-state index in [1.54, 1.807) is 40.1 Å². The third-order valence-corrected chi connectivity index (χ3v) is 5.31. The Morgan fingerprint density at radius 1 is 1.00 bits per heavy atom. The largest absolute Gasteiger partial charge is 0.324 e. The molecule has 0 saturated carbocycles. The smallest absolute Gasteiger partial charge is 0.322 e. The molecule has 0 bridgehead atoms. The molecule has 4 rings (SSSR count). The molecule has 1 N–H and O–H groups in total. The van der Waals surface area contributed by atoms with E-state index in [9.17, 15) is 14.0 Å². The van der Waals surface area contributed by atoms with Crippen molar-refractivity contribution in [2.45, 2.75) is 19.9 Å². The Balaban J connectivity index is 1.42. The Morgan fingerprint density at radius 3 is 2.45 bits per heavy atom. The zero-order chi connectivity index (χ0) is 21.8. The molecule has 1 saturated heterocycles. The first-order valence-electron chi connectivity index (χ1n) is 10.3. The van der Waals surface area contributed by atoms with Crippen LogP contribution in [0.5, 0.6) is 0 Å². The first-order valence-corrected chi connectivity index (χ1v) is 10.3. The van der Waals surface area contributed by atoms with E-state index in [0.29, 0.717) is 30.9 Å². The number of anilines is 2. The number of benzene rings is 3. The van der Waals surface area contributed by atoms with Gasteiger partial charge in [-0.25, -0.2) is 9.18 Å². The van der Waals surface area contributed by atoms with Crippen LogP contribution >= 0.6 is 0 Å². The molecule has 1 heterocycles. The monoisotopic (exact) mass is 417 g/mol. The summed E-state index contributed by atoms with van der Waals surface area (Å²) in [5, 5.41) is 2.89. The molecule has 3 aromatic carbocycles. The van der Waals surface area contributed by atoms with Gasteiger partial charge in [0.2, 0.25) is 0 Å². The maximum atomic E-state index is 13.1. The van der Waals surface area contributed by atoms with Gasteiger partial charge in [-0.1, -0.05) is 29.8 Å². The predicted octanol–water partition coefficient (Wildman–Crippen LogP) is 5.22. The maximum absolute atomic E-state index is 13.1. The van der Waals surface area contributed by atoms with E-state index in [-0.39, 0.29) is 17.8 Å². The zero-order valence-corrected chi connectivity index (χ0v) is 17.3. The van der Waals surface area contributed by atoms with Crippen LogP contribution in [0.25, 0.3) is 0 Å². The Labute approximate surface area is 181 Å². The summed E-state index contributed by atoms with van der Waals surface area (Å²) in [5.41, 5.74) is 3.97. The van der Waals surface area contributed by atoms with Gasteiger partial charge in [-0.15, -0.1) is 0 Å². The fourth-order valence-corrected chi connectivity index (χ4v) is 3.69. The van der Waals surface area contributed by atoms with Crippen molar-refractivity contribution in [2.24, 2.45) is 0 Å². The minimum absolute atomic E-state index is 0.0767. The Kier molecular flexibility index (Phi) is 5.98. The van der Waals surface area contributed by atoms with E-state index < -0.39 is 0 Å². The molecule has 6 heteroatoms. The summed E-state index contributed by atoms with van der Waals surface area (Å²) in [7, 11) is 0. The summed E-state index contributed by atoms with van der Waals surface area (Å²) in [6.45, 7) is 3.69. The summed E-state index contributed by atoms with van der Waals surface area (Å²) in [6.07, 6.45) is 0.846. The minimum Gasteiger partial charge on any atom is -0.322 e. The Morgan fingerprint density at radius 2 is 1.74 bits per heavy atom. The van der Waals surface area contributed by atoms with Gasteiger partial charge in [0.05, 0.1) is 0 Å². The molecular formula is C25H24FN3O2. The molecule has 0 atom stereocenters. The first-order chi connectivity index (χ1) is 15.0. The molecule has 1 aliphatic heterocycles. The number of carbonyl (C=O) groups is 2. The third-order valence-electron chi connectivity index (χ3n) is 5.31. The van der Waals surface area contributed by atoms with Crippen LogP contribution in [0, 0.1) is 12.7 Å². The van der Waals surface area contributed by atoms with Crippen LogP contribution in [0.1, 0.15) is 27.9 Å². The molecule has 5 nitrogen and oxygen atoms in total. The van der Waals surface area contributed by atoms with Gasteiger partial charge in [-0.3, -0.25) is 9.69 Å². The van der Waals surface area contributed by atoms with Crippen molar-refractivity contribution < 1.29 is 14.0 Å². The highest BCUT2D eigenvalue weighted by Crippen LogP contribution is 2.23. The topological polar surface area (TPSA) is 52.7 Å². The number of nitrogens with zero attached hydrogens (tertiary/aromatic N) is 2. The molecular weight excluding hydrogens is 393 g/mol. The van der Waals surface area contributed by atoms with E-state index in [4.69, 9.17) is 0 Å². The first kappa shape index (κ1) is 20.6. The fourth-order valence-electron chi connectivity index (χ4n) is 3.69. The van der Waals surface area contributed by atoms with Gasteiger partial charge >= 0.3 is 6.03 Å². The number of carbonyl (C=O) groups excluding carboxylic acids is 2. The lowest BCUT2D eigenvalue weighted by Gasteiger charge is -2.35. The lowest BCUT2D eigenvalue weighted by Crippen LogP contribution is -2.49. The van der Waals surface area contributed by atoms with Gasteiger partial charge < -0.3 is 10.2 Å². The number of urea groups is 1. The highest BCUT2D eigenvalue weighted by atomic mass is 19.1. The van der Waals surface area contributed by atoms with Crippen molar-refractivity contribution in [2.75, 3.05) is 23.3 Å². The highest BCUT2D eigenvalue weighted by Gasteiger charge is 2.26. The lowest BCUT2D eigenvalue weighted by molar-refractivity contribution is 0.102. The zero-order valence-electron chi connectivity index (χ0n) is 17.3. The molecule has 0 unspecified atom stereocenters. The average Bonchev–Trinajstić information content (AvgIpc) is 2.77. The molecule has 1 fully saturated rings. The summed E-state index contributed by atoms with van der Waals surface area (Å²) in [4.78, 5) is 28.9. The second-order valence-corrected chi connectivity index (χ2v) is 7.71. The lowest BCUT2D eigenvalue weighted by atomic mass is 10.1. The second kappa shape index (κ2) is 9.00. The highest BCUT2D eigenvalue weighted by molar-refractivity contribution is 6.04. The number of hydrogen-bond donors (Lipinski definition) is 1. The van der Waals surface area contributed by atoms with Crippen LogP contribution in [0.2, 0.25) is 0 Å². The molecule has 31 heavy (non-hydrogen) atoms. The minimum atomic E-state index is -0.287. The number of nitrogens with one attached hydrogen (secondary N) is 1. The molecule has 3 amide bonds. The van der Waals surface area contributed by atoms with Crippen molar-refractivity contribution in [3.8, 4) is 0 Å². The SMILES string of the molecule is Cc1cccc(C(=O)Nc2ccc(N3CCCN(Cc4ccc(F)cc4)C3=O)cc2)c1. The van der Waals surface area contributed by atoms with Crippen molar-refractivity contribution in [1.29, 1.82) is 0 Å². The molecule has 3 aromatic rings. The molecule has 0 radical (unpaired) electrons. The Bertz CT molecular complexity index is 1080. The molecule has 0 aromatic heterocycles. The van der Waals surface area contributed by atoms with Gasteiger partial charge in [-0.2, -0.15) is 0 Å². The van der Waals surface area contributed by atoms with Crippen LogP contribution in [-0.4, -0.2) is 29.9 Å².